The van der Waals surface area contributed by atoms with Crippen LogP contribution in [-0.2, 0) is 7.05 Å². The number of nitrogen functional groups attached to an aromatic ring is 2. The number of hydrogen-bond donors (Lipinski definition) is 3. The zero-order valence-corrected chi connectivity index (χ0v) is 16.0. The first kappa shape index (κ1) is 17.8. The molecule has 1 aromatic heterocycles. The highest BCUT2D eigenvalue weighted by Gasteiger charge is 2.21. The van der Waals surface area contributed by atoms with Crippen molar-refractivity contribution in [1.82, 2.24) is 5.32 Å². The molecule has 0 aliphatic heterocycles. The maximum Gasteiger partial charge on any atom is 0.251 e. The van der Waals surface area contributed by atoms with E-state index in [-0.39, 0.29) is 5.91 Å². The van der Waals surface area contributed by atoms with Crippen molar-refractivity contribution in [1.29, 1.82) is 0 Å². The summed E-state index contributed by atoms with van der Waals surface area (Å²) >= 11 is 0. The number of pyridine rings is 1. The van der Waals surface area contributed by atoms with Gasteiger partial charge in [0.2, 0.25) is 11.2 Å². The van der Waals surface area contributed by atoms with E-state index in [1.165, 1.54) is 0 Å². The molecule has 0 aliphatic rings. The van der Waals surface area contributed by atoms with Crippen LogP contribution in [0.5, 0.6) is 0 Å². The van der Waals surface area contributed by atoms with Gasteiger partial charge >= 0.3 is 0 Å². The summed E-state index contributed by atoms with van der Waals surface area (Å²) in [5.74, 6) is -0.0825. The van der Waals surface area contributed by atoms with Gasteiger partial charge in [0.15, 0.2) is 0 Å². The first-order chi connectivity index (χ1) is 13.5. The molecule has 0 saturated carbocycles. The lowest BCUT2D eigenvalue weighted by Gasteiger charge is -2.11. The van der Waals surface area contributed by atoms with Crippen molar-refractivity contribution in [2.24, 2.45) is 7.05 Å². The fraction of sp³-hybridized carbons (Fsp3) is 0.130. The molecule has 5 nitrogen and oxygen atoms in total. The zero-order chi connectivity index (χ0) is 19.8. The van der Waals surface area contributed by atoms with Crippen LogP contribution < -0.4 is 21.4 Å². The van der Waals surface area contributed by atoms with Crippen LogP contribution in [0, 0.1) is 0 Å². The fourth-order valence-electron chi connectivity index (χ4n) is 3.77. The Labute approximate surface area is 163 Å². The van der Waals surface area contributed by atoms with Crippen molar-refractivity contribution < 1.29 is 9.36 Å². The Morgan fingerprint density at radius 3 is 2.39 bits per heavy atom. The molecular formula is C23H23N4O+. The first-order valence-electron chi connectivity index (χ1n) is 9.28. The van der Waals surface area contributed by atoms with E-state index in [0.29, 0.717) is 23.5 Å². The third kappa shape index (κ3) is 2.91. The maximum atomic E-state index is 12.3. The van der Waals surface area contributed by atoms with Gasteiger partial charge in [-0.25, -0.2) is 0 Å². The van der Waals surface area contributed by atoms with Gasteiger partial charge in [-0.05, 0) is 49.4 Å². The molecule has 1 amide bonds. The van der Waals surface area contributed by atoms with Crippen molar-refractivity contribution in [2.75, 3.05) is 18.0 Å². The monoisotopic (exact) mass is 371 g/mol. The highest BCUT2D eigenvalue weighted by Crippen LogP contribution is 2.33. The van der Waals surface area contributed by atoms with Gasteiger partial charge in [-0.3, -0.25) is 4.79 Å². The number of fused-ring (bicyclic) bond motifs is 3. The smallest absolute Gasteiger partial charge is 0.251 e. The van der Waals surface area contributed by atoms with Gasteiger partial charge in [-0.2, -0.15) is 4.57 Å². The van der Waals surface area contributed by atoms with Gasteiger partial charge < -0.3 is 16.8 Å². The number of aryl methyl sites for hydroxylation is 1. The number of rotatable bonds is 3. The summed E-state index contributed by atoms with van der Waals surface area (Å²) < 4.78 is 2.12. The number of carbonyl (C=O) groups excluding carboxylic acids is 1. The highest BCUT2D eigenvalue weighted by atomic mass is 16.1. The van der Waals surface area contributed by atoms with Crippen molar-refractivity contribution in [2.45, 2.75) is 6.92 Å². The summed E-state index contributed by atoms with van der Waals surface area (Å²) in [4.78, 5) is 12.3. The number of anilines is 2. The minimum absolute atomic E-state index is 0.0825. The van der Waals surface area contributed by atoms with Gasteiger partial charge in [0.05, 0.1) is 10.8 Å². The van der Waals surface area contributed by atoms with Gasteiger partial charge in [0.1, 0.15) is 7.05 Å². The molecule has 0 unspecified atom stereocenters. The molecule has 0 spiro atoms. The molecule has 5 heteroatoms. The molecule has 0 aliphatic carbocycles. The van der Waals surface area contributed by atoms with Crippen LogP contribution in [0.1, 0.15) is 17.3 Å². The molecule has 4 rings (SSSR count). The number of nitrogens with zero attached hydrogens (tertiary/aromatic N) is 1. The minimum atomic E-state index is -0.0825. The van der Waals surface area contributed by atoms with Crippen LogP contribution in [0.2, 0.25) is 0 Å². The van der Waals surface area contributed by atoms with Gasteiger partial charge in [0, 0.05) is 40.5 Å². The predicted octanol–water partition coefficient (Wildman–Crippen LogP) is 3.40. The van der Waals surface area contributed by atoms with E-state index in [0.717, 1.165) is 32.9 Å². The van der Waals surface area contributed by atoms with Gasteiger partial charge in [0.25, 0.3) is 5.91 Å². The van der Waals surface area contributed by atoms with Crippen molar-refractivity contribution in [3.05, 3.63) is 66.2 Å². The third-order valence-electron chi connectivity index (χ3n) is 5.04. The molecular weight excluding hydrogens is 348 g/mol. The molecule has 28 heavy (non-hydrogen) atoms. The van der Waals surface area contributed by atoms with Crippen LogP contribution >= 0.6 is 0 Å². The quantitative estimate of drug-likeness (QED) is 0.293. The molecule has 1 heterocycles. The minimum Gasteiger partial charge on any atom is -0.399 e. The van der Waals surface area contributed by atoms with Crippen molar-refractivity contribution in [3.63, 3.8) is 0 Å². The van der Waals surface area contributed by atoms with E-state index < -0.39 is 0 Å². The number of carbonyl (C=O) groups is 1. The van der Waals surface area contributed by atoms with Crippen LogP contribution in [0.4, 0.5) is 11.4 Å². The number of hydrogen-bond acceptors (Lipinski definition) is 3. The molecule has 0 fully saturated rings. The topological polar surface area (TPSA) is 85.0 Å². The van der Waals surface area contributed by atoms with Crippen molar-refractivity contribution >= 4 is 39.0 Å². The van der Waals surface area contributed by atoms with E-state index >= 15 is 0 Å². The standard InChI is InChI=1S/C23H22N4O/c1-3-26-23(28)15-6-4-5-14(11-15)22-20-12-16(24)7-9-18(20)19-10-8-17(25)13-21(19)27(22)2/h4-13,25H,3,24H2,1-2H3,(H,26,28)/p+1. The molecule has 140 valence electrons. The average molecular weight is 371 g/mol. The van der Waals surface area contributed by atoms with E-state index in [1.54, 1.807) is 0 Å². The van der Waals surface area contributed by atoms with E-state index in [9.17, 15) is 4.79 Å². The second-order valence-electron chi connectivity index (χ2n) is 6.93. The van der Waals surface area contributed by atoms with E-state index in [4.69, 9.17) is 11.5 Å². The third-order valence-corrected chi connectivity index (χ3v) is 5.04. The van der Waals surface area contributed by atoms with Crippen LogP contribution in [0.3, 0.4) is 0 Å². The molecule has 0 atom stereocenters. The number of nitrogens with one attached hydrogen (secondary N) is 1. The van der Waals surface area contributed by atoms with E-state index in [2.05, 4.69) is 9.88 Å². The highest BCUT2D eigenvalue weighted by molar-refractivity contribution is 6.10. The lowest BCUT2D eigenvalue weighted by molar-refractivity contribution is -0.632. The Balaban J connectivity index is 2.08. The Kier molecular flexibility index (Phi) is 4.35. The normalized spacial score (nSPS) is 11.1. The number of aromatic nitrogens is 1. The Morgan fingerprint density at radius 1 is 0.929 bits per heavy atom. The lowest BCUT2D eigenvalue weighted by atomic mass is 9.97. The Bertz CT molecular complexity index is 1230. The van der Waals surface area contributed by atoms with Crippen molar-refractivity contribution in [3.8, 4) is 11.3 Å². The number of amides is 1. The first-order valence-corrected chi connectivity index (χ1v) is 9.28. The number of nitrogens with two attached hydrogens (primary N) is 2. The van der Waals surface area contributed by atoms with Crippen LogP contribution in [0.15, 0.2) is 60.7 Å². The second-order valence-corrected chi connectivity index (χ2v) is 6.93. The molecule has 5 N–H and O–H groups in total. The average Bonchev–Trinajstić information content (AvgIpc) is 2.68. The molecule has 0 saturated heterocycles. The van der Waals surface area contributed by atoms with Crippen LogP contribution in [0.25, 0.3) is 32.9 Å². The molecule has 0 bridgehead atoms. The summed E-state index contributed by atoms with van der Waals surface area (Å²) in [6, 6.07) is 19.5. The van der Waals surface area contributed by atoms with E-state index in [1.807, 2.05) is 74.6 Å². The van der Waals surface area contributed by atoms with Crippen LogP contribution in [-0.4, -0.2) is 12.5 Å². The Morgan fingerprint density at radius 2 is 1.64 bits per heavy atom. The largest absolute Gasteiger partial charge is 0.399 e. The Hall–Kier alpha value is -3.60. The van der Waals surface area contributed by atoms with Gasteiger partial charge in [-0.1, -0.05) is 12.1 Å². The number of benzene rings is 3. The molecule has 4 aromatic rings. The fourth-order valence-corrected chi connectivity index (χ4v) is 3.77. The maximum absolute atomic E-state index is 12.3. The SMILES string of the molecule is CCNC(=O)c1cccc(-c2c3cc(N)ccc3c3ccc(N)cc3[n+]2C)c1. The molecule has 0 radical (unpaired) electrons. The second kappa shape index (κ2) is 6.85. The summed E-state index contributed by atoms with van der Waals surface area (Å²) in [6.45, 7) is 2.50. The zero-order valence-electron chi connectivity index (χ0n) is 16.0. The summed E-state index contributed by atoms with van der Waals surface area (Å²) in [7, 11) is 2.01. The summed E-state index contributed by atoms with van der Waals surface area (Å²) in [5, 5.41) is 6.10. The van der Waals surface area contributed by atoms with Gasteiger partial charge in [-0.15, -0.1) is 0 Å². The molecule has 3 aromatic carbocycles. The summed E-state index contributed by atoms with van der Waals surface area (Å²) in [6.07, 6.45) is 0. The predicted molar refractivity (Wildman–Crippen MR) is 115 cm³/mol. The summed E-state index contributed by atoms with van der Waals surface area (Å²) in [5.41, 5.74) is 17.2. The lowest BCUT2D eigenvalue weighted by Crippen LogP contribution is -2.32.